The van der Waals surface area contributed by atoms with Crippen LogP contribution in [0.2, 0.25) is 0 Å². The minimum Gasteiger partial charge on any atom is -0.455 e. The van der Waals surface area contributed by atoms with E-state index >= 15 is 0 Å². The molecule has 1 N–H and O–H groups in total. The first kappa shape index (κ1) is 18.6. The van der Waals surface area contributed by atoms with Gasteiger partial charge in [-0.05, 0) is 24.3 Å². The van der Waals surface area contributed by atoms with Crippen LogP contribution in [0, 0.1) is 11.3 Å². The van der Waals surface area contributed by atoms with Gasteiger partial charge < -0.3 is 4.74 Å². The molecule has 0 fully saturated rings. The number of nitriles is 1. The van der Waals surface area contributed by atoms with Gasteiger partial charge in [0.1, 0.15) is 28.9 Å². The number of H-pyrrole nitrogens is 1. The smallest absolute Gasteiger partial charge is 0.275 e. The second kappa shape index (κ2) is 7.70. The normalized spacial score (nSPS) is 11.0. The summed E-state index contributed by atoms with van der Waals surface area (Å²) in [7, 11) is -4.24. The van der Waals surface area contributed by atoms with Crippen LogP contribution in [0.15, 0.2) is 72.0 Å². The molecule has 2 aromatic carbocycles. The number of hydrogen-bond donors (Lipinski definition) is 1. The fraction of sp³-hybridized carbons (Fsp3) is 0. The molecule has 0 atom stereocenters. The summed E-state index contributed by atoms with van der Waals surface area (Å²) in [6, 6.07) is 16.4. The van der Waals surface area contributed by atoms with Crippen LogP contribution in [0.1, 0.15) is 5.56 Å². The van der Waals surface area contributed by atoms with E-state index in [4.69, 9.17) is 4.74 Å². The number of benzene rings is 2. The number of hydrogen-bond acceptors (Lipinski definition) is 8. The lowest BCUT2D eigenvalue weighted by Crippen LogP contribution is -2.27. The highest BCUT2D eigenvalue weighted by molar-refractivity contribution is 7.93. The SMILES string of the molecule is N#Cc1cccc(S(=O)(=O)N(c2ccn[nH]2)c2ncns2)c1Oc1ccccc1. The second-order valence-corrected chi connectivity index (χ2v) is 8.11. The Morgan fingerprint density at radius 2 is 1.93 bits per heavy atom. The van der Waals surface area contributed by atoms with Crippen LogP contribution in [0.4, 0.5) is 10.9 Å². The first-order valence-corrected chi connectivity index (χ1v) is 10.4. The summed E-state index contributed by atoms with van der Waals surface area (Å²) in [4.78, 5) is 3.83. The Bertz CT molecular complexity index is 1220. The highest BCUT2D eigenvalue weighted by Crippen LogP contribution is 2.38. The summed E-state index contributed by atoms with van der Waals surface area (Å²) < 4.78 is 38.0. The molecule has 2 heterocycles. The summed E-state index contributed by atoms with van der Waals surface area (Å²) in [5.41, 5.74) is 0.0803. The van der Waals surface area contributed by atoms with Crippen molar-refractivity contribution >= 4 is 32.5 Å². The fourth-order valence-electron chi connectivity index (χ4n) is 2.57. The number of nitrogens with zero attached hydrogens (tertiary/aromatic N) is 5. The number of para-hydroxylation sites is 2. The van der Waals surface area contributed by atoms with Gasteiger partial charge in [0, 0.05) is 17.6 Å². The van der Waals surface area contributed by atoms with E-state index in [-0.39, 0.29) is 27.2 Å². The highest BCUT2D eigenvalue weighted by Gasteiger charge is 2.34. The number of nitrogens with one attached hydrogen (secondary N) is 1. The van der Waals surface area contributed by atoms with E-state index < -0.39 is 10.0 Å². The Morgan fingerprint density at radius 3 is 2.59 bits per heavy atom. The predicted molar refractivity (Wildman–Crippen MR) is 105 cm³/mol. The Hall–Kier alpha value is -3.75. The van der Waals surface area contributed by atoms with Gasteiger partial charge in [-0.3, -0.25) is 5.10 Å². The standard InChI is InChI=1S/C18H12N6O3S2/c19-11-13-5-4-8-15(17(13)27-14-6-2-1-3-7-14)29(25,26)24(16-9-10-21-23-16)18-20-12-22-28-18/h1-10,12H,(H,21,23). The first-order chi connectivity index (χ1) is 14.1. The van der Waals surface area contributed by atoms with E-state index in [0.717, 1.165) is 15.8 Å². The second-order valence-electron chi connectivity index (χ2n) is 5.59. The van der Waals surface area contributed by atoms with Crippen molar-refractivity contribution in [3.8, 4) is 17.6 Å². The maximum atomic E-state index is 13.6. The highest BCUT2D eigenvalue weighted by atomic mass is 32.2. The van der Waals surface area contributed by atoms with Gasteiger partial charge in [-0.1, -0.05) is 24.3 Å². The molecule has 0 aliphatic carbocycles. The lowest BCUT2D eigenvalue weighted by atomic mass is 10.2. The largest absolute Gasteiger partial charge is 0.455 e. The number of rotatable bonds is 6. The van der Waals surface area contributed by atoms with Gasteiger partial charge in [0.25, 0.3) is 10.0 Å². The molecule has 0 saturated heterocycles. The maximum absolute atomic E-state index is 13.6. The van der Waals surface area contributed by atoms with E-state index in [9.17, 15) is 13.7 Å². The number of ether oxygens (including phenoxy) is 1. The molecular weight excluding hydrogens is 412 g/mol. The molecule has 9 nitrogen and oxygen atoms in total. The van der Waals surface area contributed by atoms with Crippen molar-refractivity contribution in [3.63, 3.8) is 0 Å². The molecule has 0 radical (unpaired) electrons. The van der Waals surface area contributed by atoms with Crippen LogP contribution in [0.5, 0.6) is 11.5 Å². The number of aromatic nitrogens is 4. The summed E-state index contributed by atoms with van der Waals surface area (Å²) >= 11 is 0.903. The molecule has 0 saturated carbocycles. The zero-order valence-corrected chi connectivity index (χ0v) is 16.3. The van der Waals surface area contributed by atoms with Gasteiger partial charge in [-0.15, -0.1) is 0 Å². The van der Waals surface area contributed by atoms with Gasteiger partial charge >= 0.3 is 0 Å². The molecular formula is C18H12N6O3S2. The Labute approximate surface area is 170 Å². The zero-order chi connectivity index (χ0) is 20.3. The van der Waals surface area contributed by atoms with E-state index in [1.807, 2.05) is 6.07 Å². The topological polar surface area (TPSA) is 125 Å². The molecule has 4 rings (SSSR count). The minimum atomic E-state index is -4.24. The molecule has 2 aromatic heterocycles. The van der Waals surface area contributed by atoms with Crippen molar-refractivity contribution in [2.45, 2.75) is 4.90 Å². The lowest BCUT2D eigenvalue weighted by Gasteiger charge is -2.21. The number of aromatic amines is 1. The Kier molecular flexibility index (Phi) is 4.94. The quantitative estimate of drug-likeness (QED) is 0.502. The van der Waals surface area contributed by atoms with Crippen LogP contribution in [0.3, 0.4) is 0 Å². The average Bonchev–Trinajstić information content (AvgIpc) is 3.44. The van der Waals surface area contributed by atoms with Gasteiger partial charge in [0.05, 0.1) is 11.8 Å². The van der Waals surface area contributed by atoms with Gasteiger partial charge in [-0.2, -0.15) is 19.0 Å². The van der Waals surface area contributed by atoms with E-state index in [1.54, 1.807) is 30.3 Å². The average molecular weight is 424 g/mol. The van der Waals surface area contributed by atoms with Crippen LogP contribution < -0.4 is 9.04 Å². The van der Waals surface area contributed by atoms with Crippen LogP contribution >= 0.6 is 11.5 Å². The molecule has 11 heteroatoms. The van der Waals surface area contributed by atoms with E-state index in [2.05, 4.69) is 19.6 Å². The maximum Gasteiger partial charge on any atom is 0.275 e. The molecule has 144 valence electrons. The summed E-state index contributed by atoms with van der Waals surface area (Å²) in [6.45, 7) is 0. The molecule has 0 unspecified atom stereocenters. The van der Waals surface area contributed by atoms with Gasteiger partial charge in [0.2, 0.25) is 5.13 Å². The predicted octanol–water partition coefficient (Wildman–Crippen LogP) is 3.45. The van der Waals surface area contributed by atoms with Crippen molar-refractivity contribution < 1.29 is 13.2 Å². The van der Waals surface area contributed by atoms with Gasteiger partial charge in [0.15, 0.2) is 5.75 Å². The third-order valence-corrected chi connectivity index (χ3v) is 6.30. The third kappa shape index (κ3) is 3.54. The minimum absolute atomic E-state index is 0.0739. The van der Waals surface area contributed by atoms with Crippen LogP contribution in [0.25, 0.3) is 0 Å². The first-order valence-electron chi connectivity index (χ1n) is 8.18. The Morgan fingerprint density at radius 1 is 1.10 bits per heavy atom. The van der Waals surface area contributed by atoms with E-state index in [0.29, 0.717) is 5.75 Å². The molecule has 0 bridgehead atoms. The van der Waals surface area contributed by atoms with Crippen molar-refractivity contribution in [2.24, 2.45) is 0 Å². The molecule has 0 amide bonds. The van der Waals surface area contributed by atoms with Crippen molar-refractivity contribution in [1.29, 1.82) is 5.26 Å². The number of anilines is 2. The molecule has 29 heavy (non-hydrogen) atoms. The molecule has 0 aliphatic rings. The summed E-state index contributed by atoms with van der Waals surface area (Å²) in [5.74, 6) is 0.501. The summed E-state index contributed by atoms with van der Waals surface area (Å²) in [5, 5.41) is 16.1. The van der Waals surface area contributed by atoms with Crippen molar-refractivity contribution in [1.82, 2.24) is 19.6 Å². The van der Waals surface area contributed by atoms with Crippen molar-refractivity contribution in [2.75, 3.05) is 4.31 Å². The summed E-state index contributed by atoms with van der Waals surface area (Å²) in [6.07, 6.45) is 2.68. The number of sulfonamides is 1. The van der Waals surface area contributed by atoms with E-state index in [1.165, 1.54) is 36.8 Å². The molecule has 0 aliphatic heterocycles. The van der Waals surface area contributed by atoms with Gasteiger partial charge in [-0.25, -0.2) is 13.4 Å². The van der Waals surface area contributed by atoms with Crippen molar-refractivity contribution in [3.05, 3.63) is 72.7 Å². The van der Waals surface area contributed by atoms with Crippen LogP contribution in [-0.4, -0.2) is 28.0 Å². The lowest BCUT2D eigenvalue weighted by molar-refractivity contribution is 0.466. The monoisotopic (exact) mass is 424 g/mol. The molecule has 0 spiro atoms. The third-order valence-electron chi connectivity index (χ3n) is 3.81. The molecule has 4 aromatic rings. The zero-order valence-electron chi connectivity index (χ0n) is 14.6. The van der Waals surface area contributed by atoms with Crippen LogP contribution in [-0.2, 0) is 10.0 Å². The fourth-order valence-corrected chi connectivity index (χ4v) is 4.87. The Balaban J connectivity index is 1.90.